The molecule has 0 radical (unpaired) electrons. The first-order valence-corrected chi connectivity index (χ1v) is 11.2. The zero-order chi connectivity index (χ0) is 23.3. The number of carbonyl (C=O) groups is 1. The van der Waals surface area contributed by atoms with Crippen LogP contribution in [0.3, 0.4) is 0 Å². The smallest absolute Gasteiger partial charge is 0.288 e. The van der Waals surface area contributed by atoms with Crippen molar-refractivity contribution >= 4 is 39.7 Å². The fourth-order valence-electron chi connectivity index (χ4n) is 4.54. The van der Waals surface area contributed by atoms with E-state index in [2.05, 4.69) is 4.98 Å². The number of piperidine rings is 1. The molecule has 0 aliphatic carbocycles. The van der Waals surface area contributed by atoms with E-state index in [9.17, 15) is 14.9 Å². The van der Waals surface area contributed by atoms with Crippen molar-refractivity contribution in [3.05, 3.63) is 81.0 Å². The number of hydrogen-bond donors (Lipinski definition) is 1. The molecular weight excluding hydrogens is 440 g/mol. The number of likely N-dealkylation sites (tertiary alicyclic amines) is 1. The molecule has 3 aromatic heterocycles. The second kappa shape index (κ2) is 7.63. The third-order valence-electron chi connectivity index (χ3n) is 6.39. The average Bonchev–Trinajstić information content (AvgIpc) is 3.47. The van der Waals surface area contributed by atoms with Gasteiger partial charge in [0, 0.05) is 47.0 Å². The van der Waals surface area contributed by atoms with E-state index in [0.29, 0.717) is 12.0 Å². The van der Waals surface area contributed by atoms with Gasteiger partial charge in [-0.2, -0.15) is 0 Å². The Morgan fingerprint density at radius 3 is 2.85 bits per heavy atom. The minimum Gasteiger partial charge on any atom is -0.464 e. The first-order valence-electron chi connectivity index (χ1n) is 10.3. The molecule has 4 heterocycles. The number of furan rings is 1. The molecule has 1 N–H and O–H groups in total. The van der Waals surface area contributed by atoms with Crippen LogP contribution in [0.25, 0.3) is 22.1 Å². The first-order chi connectivity index (χ1) is 15.8. The van der Waals surface area contributed by atoms with Crippen LogP contribution in [-0.4, -0.2) is 33.6 Å². The second-order valence-corrected chi connectivity index (χ2v) is 9.39. The van der Waals surface area contributed by atoms with E-state index >= 15 is 0 Å². The Morgan fingerprint density at radius 1 is 1.24 bits per heavy atom. The minimum absolute atomic E-state index is 0.0750. The van der Waals surface area contributed by atoms with Gasteiger partial charge in [0.1, 0.15) is 17.6 Å². The molecule has 2 atom stereocenters. The van der Waals surface area contributed by atoms with Crippen LogP contribution < -0.4 is 0 Å². The van der Waals surface area contributed by atoms with Crippen molar-refractivity contribution in [2.75, 3.05) is 7.05 Å². The van der Waals surface area contributed by atoms with Gasteiger partial charge in [0.15, 0.2) is 0 Å². The summed E-state index contributed by atoms with van der Waals surface area (Å²) in [7, 11) is 1.64. The van der Waals surface area contributed by atoms with Gasteiger partial charge in [0.2, 0.25) is 5.91 Å². The van der Waals surface area contributed by atoms with E-state index in [1.165, 1.54) is 28.5 Å². The lowest BCUT2D eigenvalue weighted by Crippen LogP contribution is -2.51. The summed E-state index contributed by atoms with van der Waals surface area (Å²) in [5.41, 5.74) is 2.32. The molecule has 8 nitrogen and oxygen atoms in total. The van der Waals surface area contributed by atoms with Crippen LogP contribution in [0.5, 0.6) is 0 Å². The van der Waals surface area contributed by atoms with Crippen LogP contribution in [-0.2, 0) is 10.2 Å². The molecule has 1 saturated heterocycles. The fraction of sp³-hybridized carbons (Fsp3) is 0.208. The number of likely N-dealkylation sites (N-methyl/N-ethyl adjacent to an activating group) is 1. The molecule has 1 aliphatic rings. The minimum atomic E-state index is -0.658. The van der Waals surface area contributed by atoms with Crippen LogP contribution in [0, 0.1) is 15.5 Å². The zero-order valence-electron chi connectivity index (χ0n) is 17.9. The lowest BCUT2D eigenvalue weighted by atomic mass is 9.67. The van der Waals surface area contributed by atoms with Crippen LogP contribution >= 0.6 is 11.3 Å². The van der Waals surface area contributed by atoms with Gasteiger partial charge in [-0.25, -0.2) is 0 Å². The van der Waals surface area contributed by atoms with Gasteiger partial charge in [0.25, 0.3) is 5.69 Å². The van der Waals surface area contributed by atoms with E-state index in [4.69, 9.17) is 9.83 Å². The van der Waals surface area contributed by atoms with Gasteiger partial charge >= 0.3 is 0 Å². The normalized spacial score (nSPS) is 21.0. The Kier molecular flexibility index (Phi) is 4.86. The van der Waals surface area contributed by atoms with Crippen molar-refractivity contribution in [2.45, 2.75) is 24.7 Å². The maximum Gasteiger partial charge on any atom is 0.288 e. The van der Waals surface area contributed by atoms with E-state index in [-0.39, 0.29) is 17.4 Å². The number of hydrogen-bond acceptors (Lipinski definition) is 7. The summed E-state index contributed by atoms with van der Waals surface area (Å²) >= 11 is 1.49. The summed E-state index contributed by atoms with van der Waals surface area (Å²) in [4.78, 5) is 30.5. The standard InChI is InChI=1S/C24H20N4O4S/c1-24(20-9-17(13-33-20)16-8-18(28(30)31)12-26-11-16)10-21(25)27(2)23(29)22(24)15-3-4-19-14(7-15)5-6-32-19/h3-9,11-13,22,25H,10H2,1-2H3/t22-,24-/m1/s1. The van der Waals surface area contributed by atoms with Crippen molar-refractivity contribution in [3.63, 3.8) is 0 Å². The van der Waals surface area contributed by atoms with Crippen molar-refractivity contribution in [1.29, 1.82) is 5.41 Å². The molecule has 1 aromatic carbocycles. The average molecular weight is 461 g/mol. The largest absolute Gasteiger partial charge is 0.464 e. The molecule has 0 spiro atoms. The number of carbonyl (C=O) groups excluding carboxylic acids is 1. The Morgan fingerprint density at radius 2 is 2.06 bits per heavy atom. The number of pyridine rings is 1. The summed E-state index contributed by atoms with van der Waals surface area (Å²) in [6, 6.07) is 11.1. The number of amides is 1. The molecule has 1 aliphatic heterocycles. The Labute approximate surface area is 193 Å². The van der Waals surface area contributed by atoms with Crippen molar-refractivity contribution in [1.82, 2.24) is 9.88 Å². The number of amidine groups is 1. The van der Waals surface area contributed by atoms with Crippen molar-refractivity contribution < 1.29 is 14.1 Å². The number of thiophene rings is 1. The van der Waals surface area contributed by atoms with Gasteiger partial charge in [0.05, 0.1) is 17.1 Å². The monoisotopic (exact) mass is 460 g/mol. The SMILES string of the molecule is CN1C(=N)C[C@](C)(c2cc(-c3cncc([N+](=O)[O-])c3)cs2)[C@H](c2ccc3occc3c2)C1=O. The molecule has 166 valence electrons. The number of nitrogens with zero attached hydrogens (tertiary/aromatic N) is 3. The molecule has 0 bridgehead atoms. The Balaban J connectivity index is 1.61. The molecular formula is C24H20N4O4S. The lowest BCUT2D eigenvalue weighted by Gasteiger charge is -2.44. The topological polar surface area (TPSA) is 113 Å². The van der Waals surface area contributed by atoms with Crippen LogP contribution in [0.4, 0.5) is 5.69 Å². The summed E-state index contributed by atoms with van der Waals surface area (Å²) in [6.45, 7) is 2.01. The summed E-state index contributed by atoms with van der Waals surface area (Å²) in [5.74, 6) is -0.371. The number of benzene rings is 1. The van der Waals surface area contributed by atoms with Crippen LogP contribution in [0.2, 0.25) is 0 Å². The number of nitro groups is 1. The summed E-state index contributed by atoms with van der Waals surface area (Å²) in [6.07, 6.45) is 4.82. The number of fused-ring (bicyclic) bond motifs is 1. The molecule has 33 heavy (non-hydrogen) atoms. The van der Waals surface area contributed by atoms with E-state index in [1.807, 2.05) is 42.6 Å². The van der Waals surface area contributed by atoms with Crippen molar-refractivity contribution in [2.24, 2.45) is 0 Å². The molecule has 0 saturated carbocycles. The highest BCUT2D eigenvalue weighted by Gasteiger charge is 2.49. The number of aromatic nitrogens is 1. The molecule has 4 aromatic rings. The van der Waals surface area contributed by atoms with Crippen molar-refractivity contribution in [3.8, 4) is 11.1 Å². The van der Waals surface area contributed by atoms with E-state index in [1.54, 1.807) is 19.5 Å². The predicted molar refractivity (Wildman–Crippen MR) is 126 cm³/mol. The number of rotatable bonds is 4. The molecule has 1 fully saturated rings. The molecule has 0 unspecified atom stereocenters. The molecule has 5 rings (SSSR count). The van der Waals surface area contributed by atoms with Gasteiger partial charge in [-0.3, -0.25) is 25.3 Å². The number of nitrogens with one attached hydrogen (secondary N) is 1. The maximum atomic E-state index is 13.5. The maximum absolute atomic E-state index is 13.5. The predicted octanol–water partition coefficient (Wildman–Crippen LogP) is 5.35. The molecule has 1 amide bonds. The first kappa shape index (κ1) is 21.0. The van der Waals surface area contributed by atoms with Gasteiger partial charge in [-0.05, 0) is 40.8 Å². The highest BCUT2D eigenvalue weighted by Crippen LogP contribution is 2.49. The summed E-state index contributed by atoms with van der Waals surface area (Å²) < 4.78 is 5.46. The highest BCUT2D eigenvalue weighted by atomic mass is 32.1. The van der Waals surface area contributed by atoms with E-state index < -0.39 is 16.3 Å². The highest BCUT2D eigenvalue weighted by molar-refractivity contribution is 7.10. The van der Waals surface area contributed by atoms with Gasteiger partial charge in [-0.1, -0.05) is 13.0 Å². The van der Waals surface area contributed by atoms with Gasteiger partial charge < -0.3 is 9.32 Å². The Bertz CT molecular complexity index is 1420. The molecule has 9 heteroatoms. The van der Waals surface area contributed by atoms with Crippen LogP contribution in [0.15, 0.2) is 64.9 Å². The lowest BCUT2D eigenvalue weighted by molar-refractivity contribution is -0.385. The second-order valence-electron chi connectivity index (χ2n) is 8.48. The quantitative estimate of drug-likeness (QED) is 0.326. The van der Waals surface area contributed by atoms with E-state index in [0.717, 1.165) is 27.0 Å². The Hall–Kier alpha value is -3.85. The zero-order valence-corrected chi connectivity index (χ0v) is 18.8. The van der Waals surface area contributed by atoms with Gasteiger partial charge in [-0.15, -0.1) is 11.3 Å². The van der Waals surface area contributed by atoms with Crippen LogP contribution in [0.1, 0.15) is 29.7 Å². The third-order valence-corrected chi connectivity index (χ3v) is 7.60. The summed E-state index contributed by atoms with van der Waals surface area (Å²) in [5, 5.41) is 22.4. The third kappa shape index (κ3) is 3.41. The fourth-order valence-corrected chi connectivity index (χ4v) is 5.66.